The second kappa shape index (κ2) is 5.54. The Bertz CT molecular complexity index is 400. The van der Waals surface area contributed by atoms with Gasteiger partial charge in [0.15, 0.2) is 0 Å². The first-order valence-corrected chi connectivity index (χ1v) is 7.80. The summed E-state index contributed by atoms with van der Waals surface area (Å²) in [4.78, 5) is 0. The van der Waals surface area contributed by atoms with Crippen LogP contribution in [0, 0.1) is 0 Å². The SMILES string of the molecule is NCC1(c2ccc(OC3CCCC3)cc2)CCCC1. The van der Waals surface area contributed by atoms with E-state index in [4.69, 9.17) is 10.5 Å². The third-order valence-corrected chi connectivity index (χ3v) is 5.02. The van der Waals surface area contributed by atoms with Gasteiger partial charge in [-0.2, -0.15) is 0 Å². The molecule has 0 aromatic heterocycles. The van der Waals surface area contributed by atoms with E-state index < -0.39 is 0 Å². The molecule has 0 saturated heterocycles. The van der Waals surface area contributed by atoms with E-state index in [0.29, 0.717) is 6.10 Å². The van der Waals surface area contributed by atoms with Crippen LogP contribution in [0.25, 0.3) is 0 Å². The molecule has 0 atom stereocenters. The molecular formula is C17H25NO. The van der Waals surface area contributed by atoms with Crippen LogP contribution >= 0.6 is 0 Å². The van der Waals surface area contributed by atoms with Crippen LogP contribution in [0.1, 0.15) is 56.9 Å². The molecule has 0 bridgehead atoms. The minimum Gasteiger partial charge on any atom is -0.490 e. The van der Waals surface area contributed by atoms with E-state index in [0.717, 1.165) is 12.3 Å². The van der Waals surface area contributed by atoms with Gasteiger partial charge in [-0.1, -0.05) is 25.0 Å². The second-order valence-corrected chi connectivity index (χ2v) is 6.24. The highest BCUT2D eigenvalue weighted by Gasteiger charge is 2.34. The molecule has 2 N–H and O–H groups in total. The Morgan fingerprint density at radius 2 is 1.63 bits per heavy atom. The van der Waals surface area contributed by atoms with E-state index in [1.54, 1.807) is 0 Å². The van der Waals surface area contributed by atoms with E-state index in [2.05, 4.69) is 24.3 Å². The van der Waals surface area contributed by atoms with Gasteiger partial charge in [0.05, 0.1) is 6.10 Å². The molecular weight excluding hydrogens is 234 g/mol. The molecule has 0 heterocycles. The molecule has 0 unspecified atom stereocenters. The summed E-state index contributed by atoms with van der Waals surface area (Å²) in [6.45, 7) is 0.774. The molecule has 0 radical (unpaired) electrons. The Labute approximate surface area is 116 Å². The van der Waals surface area contributed by atoms with E-state index in [1.165, 1.54) is 56.9 Å². The van der Waals surface area contributed by atoms with Gasteiger partial charge in [0.2, 0.25) is 0 Å². The number of hydrogen-bond donors (Lipinski definition) is 1. The summed E-state index contributed by atoms with van der Waals surface area (Å²) >= 11 is 0. The summed E-state index contributed by atoms with van der Waals surface area (Å²) in [5.41, 5.74) is 7.69. The van der Waals surface area contributed by atoms with Crippen molar-refractivity contribution in [2.24, 2.45) is 5.73 Å². The molecule has 0 aliphatic heterocycles. The van der Waals surface area contributed by atoms with Crippen molar-refractivity contribution in [3.05, 3.63) is 29.8 Å². The van der Waals surface area contributed by atoms with E-state index in [1.807, 2.05) is 0 Å². The minimum atomic E-state index is 0.242. The lowest BCUT2D eigenvalue weighted by Gasteiger charge is -2.28. The molecule has 3 rings (SSSR count). The largest absolute Gasteiger partial charge is 0.490 e. The van der Waals surface area contributed by atoms with Crippen LogP contribution in [0.5, 0.6) is 5.75 Å². The quantitative estimate of drug-likeness (QED) is 0.893. The van der Waals surface area contributed by atoms with Gasteiger partial charge in [0.25, 0.3) is 0 Å². The van der Waals surface area contributed by atoms with Gasteiger partial charge in [-0.3, -0.25) is 0 Å². The number of nitrogens with two attached hydrogens (primary N) is 1. The lowest BCUT2D eigenvalue weighted by Crippen LogP contribution is -2.31. The van der Waals surface area contributed by atoms with Crippen molar-refractivity contribution in [1.82, 2.24) is 0 Å². The maximum atomic E-state index is 6.04. The summed E-state index contributed by atoms with van der Waals surface area (Å²) < 4.78 is 6.03. The number of hydrogen-bond acceptors (Lipinski definition) is 2. The van der Waals surface area contributed by atoms with Crippen molar-refractivity contribution in [3.63, 3.8) is 0 Å². The van der Waals surface area contributed by atoms with Crippen molar-refractivity contribution < 1.29 is 4.74 Å². The van der Waals surface area contributed by atoms with Crippen LogP contribution in [0.2, 0.25) is 0 Å². The lowest BCUT2D eigenvalue weighted by atomic mass is 9.79. The van der Waals surface area contributed by atoms with Gasteiger partial charge < -0.3 is 10.5 Å². The number of rotatable bonds is 4. The summed E-state index contributed by atoms with van der Waals surface area (Å²) in [5.74, 6) is 1.03. The first-order chi connectivity index (χ1) is 9.32. The molecule has 2 heteroatoms. The fraction of sp³-hybridized carbons (Fsp3) is 0.647. The van der Waals surface area contributed by atoms with E-state index >= 15 is 0 Å². The average Bonchev–Trinajstić information content (AvgIpc) is 3.11. The molecule has 104 valence electrons. The zero-order valence-corrected chi connectivity index (χ0v) is 11.7. The molecule has 19 heavy (non-hydrogen) atoms. The van der Waals surface area contributed by atoms with E-state index in [9.17, 15) is 0 Å². The Morgan fingerprint density at radius 3 is 2.21 bits per heavy atom. The van der Waals surface area contributed by atoms with Gasteiger partial charge in [0, 0.05) is 12.0 Å². The zero-order chi connectivity index (χ0) is 13.1. The van der Waals surface area contributed by atoms with Crippen molar-refractivity contribution in [2.45, 2.75) is 62.9 Å². The Kier molecular flexibility index (Phi) is 3.79. The summed E-state index contributed by atoms with van der Waals surface area (Å²) in [5, 5.41) is 0. The maximum absolute atomic E-state index is 6.04. The van der Waals surface area contributed by atoms with Crippen molar-refractivity contribution >= 4 is 0 Å². The van der Waals surface area contributed by atoms with Gasteiger partial charge in [-0.05, 0) is 56.2 Å². The third kappa shape index (κ3) is 2.64. The summed E-state index contributed by atoms with van der Waals surface area (Å²) in [6.07, 6.45) is 10.6. The monoisotopic (exact) mass is 259 g/mol. The minimum absolute atomic E-state index is 0.242. The van der Waals surface area contributed by atoms with Crippen LogP contribution < -0.4 is 10.5 Å². The highest BCUT2D eigenvalue weighted by molar-refractivity contribution is 5.33. The van der Waals surface area contributed by atoms with Gasteiger partial charge >= 0.3 is 0 Å². The highest BCUT2D eigenvalue weighted by Crippen LogP contribution is 2.40. The third-order valence-electron chi connectivity index (χ3n) is 5.02. The van der Waals surface area contributed by atoms with Gasteiger partial charge in [-0.25, -0.2) is 0 Å². The van der Waals surface area contributed by atoms with Crippen molar-refractivity contribution in [1.29, 1.82) is 0 Å². The molecule has 2 aliphatic rings. The fourth-order valence-corrected chi connectivity index (χ4v) is 3.75. The van der Waals surface area contributed by atoms with Crippen LogP contribution in [0.15, 0.2) is 24.3 Å². The Morgan fingerprint density at radius 1 is 1.00 bits per heavy atom. The molecule has 2 aliphatic carbocycles. The number of ether oxygens (including phenoxy) is 1. The summed E-state index contributed by atoms with van der Waals surface area (Å²) in [7, 11) is 0. The van der Waals surface area contributed by atoms with Gasteiger partial charge in [-0.15, -0.1) is 0 Å². The second-order valence-electron chi connectivity index (χ2n) is 6.24. The van der Waals surface area contributed by atoms with E-state index in [-0.39, 0.29) is 5.41 Å². The molecule has 2 nitrogen and oxygen atoms in total. The lowest BCUT2D eigenvalue weighted by molar-refractivity contribution is 0.210. The predicted molar refractivity (Wildman–Crippen MR) is 78.5 cm³/mol. The highest BCUT2D eigenvalue weighted by atomic mass is 16.5. The molecule has 1 aromatic rings. The van der Waals surface area contributed by atoms with Gasteiger partial charge in [0.1, 0.15) is 5.75 Å². The zero-order valence-electron chi connectivity index (χ0n) is 11.7. The van der Waals surface area contributed by atoms with Crippen LogP contribution in [0.4, 0.5) is 0 Å². The molecule has 1 aromatic carbocycles. The molecule has 0 amide bonds. The summed E-state index contributed by atoms with van der Waals surface area (Å²) in [6, 6.07) is 8.76. The van der Waals surface area contributed by atoms with Crippen LogP contribution in [-0.4, -0.2) is 12.6 Å². The molecule has 2 saturated carbocycles. The first-order valence-electron chi connectivity index (χ1n) is 7.80. The predicted octanol–water partition coefficient (Wildman–Crippen LogP) is 3.78. The van der Waals surface area contributed by atoms with Crippen molar-refractivity contribution in [3.8, 4) is 5.75 Å². The average molecular weight is 259 g/mol. The smallest absolute Gasteiger partial charge is 0.119 e. The Hall–Kier alpha value is -1.02. The normalized spacial score (nSPS) is 22.8. The van der Waals surface area contributed by atoms with Crippen molar-refractivity contribution in [2.75, 3.05) is 6.54 Å². The molecule has 0 spiro atoms. The maximum Gasteiger partial charge on any atom is 0.119 e. The van der Waals surface area contributed by atoms with Crippen LogP contribution in [0.3, 0.4) is 0 Å². The Balaban J connectivity index is 1.71. The topological polar surface area (TPSA) is 35.2 Å². The molecule has 2 fully saturated rings. The van der Waals surface area contributed by atoms with Crippen LogP contribution in [-0.2, 0) is 5.41 Å². The standard InChI is InChI=1S/C17H25NO/c18-13-17(11-3-4-12-17)14-7-9-16(10-8-14)19-15-5-1-2-6-15/h7-10,15H,1-6,11-13,18H2. The fourth-order valence-electron chi connectivity index (χ4n) is 3.75. The number of benzene rings is 1. The first kappa shape index (κ1) is 13.0.